The van der Waals surface area contributed by atoms with Crippen LogP contribution in [0.15, 0.2) is 47.6 Å². The molecule has 0 aliphatic heterocycles. The van der Waals surface area contributed by atoms with Gasteiger partial charge in [-0.25, -0.2) is 22.5 Å². The second-order valence-electron chi connectivity index (χ2n) is 11.1. The molecule has 0 radical (unpaired) electrons. The maximum atomic E-state index is 14.8. The number of carbonyl (C=O) groups excluding carboxylic acids is 1. The van der Waals surface area contributed by atoms with Crippen LogP contribution in [0.2, 0.25) is 0 Å². The van der Waals surface area contributed by atoms with Gasteiger partial charge in [-0.1, -0.05) is 37.9 Å². The van der Waals surface area contributed by atoms with Crippen molar-refractivity contribution in [2.75, 3.05) is 17.2 Å². The summed E-state index contributed by atoms with van der Waals surface area (Å²) < 4.78 is 91.0. The van der Waals surface area contributed by atoms with E-state index in [1.54, 1.807) is 30.1 Å². The van der Waals surface area contributed by atoms with Gasteiger partial charge in [0.05, 0.1) is 29.1 Å². The van der Waals surface area contributed by atoms with Crippen molar-refractivity contribution in [1.82, 2.24) is 34.8 Å². The van der Waals surface area contributed by atoms with Crippen molar-refractivity contribution in [3.8, 4) is 11.3 Å². The minimum Gasteiger partial charge on any atom is -0.346 e. The summed E-state index contributed by atoms with van der Waals surface area (Å²) in [6.07, 6.45) is 0.869. The summed E-state index contributed by atoms with van der Waals surface area (Å²) in [5, 5.41) is 12.3. The normalized spacial score (nSPS) is 14.0. The number of thioether (sulfide) groups is 1. The van der Waals surface area contributed by atoms with E-state index in [0.29, 0.717) is 38.4 Å². The van der Waals surface area contributed by atoms with Crippen molar-refractivity contribution >= 4 is 46.3 Å². The Morgan fingerprint density at radius 1 is 1.06 bits per heavy atom. The average molecular weight is 737 g/mol. The number of nitrogens with zero attached hydrogens (tertiary/aromatic N) is 6. The number of aryl methyl sites for hydroxylation is 1. The van der Waals surface area contributed by atoms with Crippen molar-refractivity contribution in [3.63, 3.8) is 0 Å². The maximum absolute atomic E-state index is 14.8. The number of nitrogens with one attached hydrogen (secondary N) is 2. The number of carbonyl (C=O) groups is 1. The van der Waals surface area contributed by atoms with Crippen LogP contribution in [0.25, 0.3) is 22.2 Å². The average Bonchev–Trinajstić information content (AvgIpc) is 3.72. The van der Waals surface area contributed by atoms with Crippen molar-refractivity contribution in [1.29, 1.82) is 0 Å². The molecule has 5 aromatic rings. The van der Waals surface area contributed by atoms with Gasteiger partial charge in [0.25, 0.3) is 12.3 Å². The first-order valence-corrected chi connectivity index (χ1v) is 18.0. The number of hydrogen-bond acceptors (Lipinski definition) is 8. The van der Waals surface area contributed by atoms with Crippen molar-refractivity contribution in [3.05, 3.63) is 82.4 Å². The lowest BCUT2D eigenvalue weighted by Gasteiger charge is -2.22. The molecule has 0 fully saturated rings. The molecule has 2 aromatic carbocycles. The van der Waals surface area contributed by atoms with E-state index in [2.05, 4.69) is 25.2 Å². The number of fused-ring (bicyclic) bond motifs is 2. The minimum absolute atomic E-state index is 0.163. The third kappa shape index (κ3) is 7.43. The number of alkyl halides is 4. The molecule has 1 unspecified atom stereocenters. The molecular formula is C33H34F6N8OS2. The zero-order valence-electron chi connectivity index (χ0n) is 27.7. The lowest BCUT2D eigenvalue weighted by Crippen LogP contribution is -2.35. The number of hydrogen-bond donors (Lipinski definition) is 2. The quantitative estimate of drug-likeness (QED) is 0.0799. The SMILES string of the molecule is CC.CSNc1nn(C)c2c(-c3nc(SC)cnc3C(Cc3cc(F)cc(F)c3)NC(=O)Cn3nc(C(F)F)c4c3C(F)(F)CC4)cccc12. The van der Waals surface area contributed by atoms with Gasteiger partial charge >= 0.3 is 0 Å². The van der Waals surface area contributed by atoms with Gasteiger partial charge in [-0.05, 0) is 42.9 Å². The Bertz CT molecular complexity index is 2000. The van der Waals surface area contributed by atoms with Crippen LogP contribution in [-0.2, 0) is 37.2 Å². The standard InChI is InChI=1S/C31H28F6N8OS2.C2H6/c1-44-27-18(5-4-6-20(27)30(42-44)43-48-3)24-26(38-13-23(40-24)47-2)21(11-15-9-16(32)12-17(33)10-15)39-22(46)14-45-28-19(7-8-31(28,36)37)25(41-45)29(34)35;1-2/h4-6,9-10,12-13,21,29H,7-8,11,14H2,1-3H3,(H,39,46)(H,42,43);1-2H3. The molecule has 266 valence electrons. The summed E-state index contributed by atoms with van der Waals surface area (Å²) in [5.41, 5.74) is 0.194. The van der Waals surface area contributed by atoms with Gasteiger partial charge < -0.3 is 10.0 Å². The van der Waals surface area contributed by atoms with E-state index in [9.17, 15) is 31.1 Å². The molecule has 3 heterocycles. The first-order valence-electron chi connectivity index (χ1n) is 15.6. The van der Waals surface area contributed by atoms with E-state index >= 15 is 0 Å². The Kier molecular flexibility index (Phi) is 11.3. The van der Waals surface area contributed by atoms with E-state index in [1.807, 2.05) is 26.2 Å². The van der Waals surface area contributed by atoms with Crippen LogP contribution >= 0.6 is 23.7 Å². The number of para-hydroxylation sites is 1. The number of aromatic nitrogens is 6. The first-order chi connectivity index (χ1) is 23.9. The van der Waals surface area contributed by atoms with E-state index in [1.165, 1.54) is 29.9 Å². The number of halogens is 6. The van der Waals surface area contributed by atoms with Crippen molar-refractivity contribution in [2.24, 2.45) is 7.05 Å². The molecule has 0 bridgehead atoms. The monoisotopic (exact) mass is 736 g/mol. The molecular weight excluding hydrogens is 703 g/mol. The smallest absolute Gasteiger partial charge is 0.290 e. The second-order valence-corrected chi connectivity index (χ2v) is 12.5. The molecule has 0 saturated heterocycles. The molecule has 0 spiro atoms. The van der Waals surface area contributed by atoms with E-state index in [4.69, 9.17) is 4.98 Å². The Labute approximate surface area is 292 Å². The third-order valence-corrected chi connectivity index (χ3v) is 8.96. The summed E-state index contributed by atoms with van der Waals surface area (Å²) in [7, 11) is 1.75. The molecule has 1 atom stereocenters. The maximum Gasteiger partial charge on any atom is 0.290 e. The molecule has 1 aliphatic rings. The van der Waals surface area contributed by atoms with Crippen molar-refractivity contribution < 1.29 is 31.1 Å². The molecule has 9 nitrogen and oxygen atoms in total. The highest BCUT2D eigenvalue weighted by Crippen LogP contribution is 2.45. The second kappa shape index (κ2) is 15.3. The predicted octanol–water partition coefficient (Wildman–Crippen LogP) is 8.02. The van der Waals surface area contributed by atoms with Crippen LogP contribution in [0.3, 0.4) is 0 Å². The van der Waals surface area contributed by atoms with Crippen LogP contribution in [0.4, 0.5) is 32.2 Å². The van der Waals surface area contributed by atoms with Crippen LogP contribution in [0.5, 0.6) is 0 Å². The summed E-state index contributed by atoms with van der Waals surface area (Å²) in [6, 6.07) is 7.27. The Morgan fingerprint density at radius 2 is 1.78 bits per heavy atom. The first kappa shape index (κ1) is 37.0. The Morgan fingerprint density at radius 3 is 2.44 bits per heavy atom. The largest absolute Gasteiger partial charge is 0.346 e. The zero-order chi connectivity index (χ0) is 36.3. The summed E-state index contributed by atoms with van der Waals surface area (Å²) in [6.45, 7) is 3.19. The fourth-order valence-corrected chi connectivity index (χ4v) is 6.74. The lowest BCUT2D eigenvalue weighted by molar-refractivity contribution is -0.122. The van der Waals surface area contributed by atoms with Crippen LogP contribution < -0.4 is 10.0 Å². The topological polar surface area (TPSA) is 103 Å². The lowest BCUT2D eigenvalue weighted by atomic mass is 9.97. The van der Waals surface area contributed by atoms with Gasteiger partial charge in [0.15, 0.2) is 5.82 Å². The number of rotatable bonds is 11. The van der Waals surface area contributed by atoms with Crippen molar-refractivity contribution in [2.45, 2.75) is 63.1 Å². The van der Waals surface area contributed by atoms with Gasteiger partial charge in [-0.3, -0.25) is 19.1 Å². The van der Waals surface area contributed by atoms with Gasteiger partial charge in [0, 0.05) is 42.3 Å². The van der Waals surface area contributed by atoms with Gasteiger partial charge in [-0.15, -0.1) is 11.8 Å². The zero-order valence-corrected chi connectivity index (χ0v) is 29.3. The fraction of sp³-hybridized carbons (Fsp3) is 0.364. The molecule has 1 amide bonds. The summed E-state index contributed by atoms with van der Waals surface area (Å²) in [4.78, 5) is 23.1. The molecule has 6 rings (SSSR count). The van der Waals surface area contributed by atoms with E-state index in [-0.39, 0.29) is 29.7 Å². The molecule has 2 N–H and O–H groups in total. The van der Waals surface area contributed by atoms with Crippen LogP contribution in [0.1, 0.15) is 60.9 Å². The van der Waals surface area contributed by atoms with Gasteiger partial charge in [0.2, 0.25) is 5.91 Å². The minimum atomic E-state index is -3.45. The molecule has 17 heteroatoms. The number of benzene rings is 2. The highest BCUT2D eigenvalue weighted by atomic mass is 32.2. The highest BCUT2D eigenvalue weighted by molar-refractivity contribution is 7.99. The Balaban J connectivity index is 0.00000239. The highest BCUT2D eigenvalue weighted by Gasteiger charge is 2.46. The third-order valence-electron chi connectivity index (χ3n) is 7.95. The molecule has 0 saturated carbocycles. The fourth-order valence-electron chi connectivity index (χ4n) is 6.05. The van der Waals surface area contributed by atoms with Gasteiger partial charge in [0.1, 0.15) is 34.6 Å². The molecule has 1 aliphatic carbocycles. The predicted molar refractivity (Wildman–Crippen MR) is 182 cm³/mol. The van der Waals surface area contributed by atoms with E-state index < -0.39 is 60.3 Å². The summed E-state index contributed by atoms with van der Waals surface area (Å²) in [5.74, 6) is -5.41. The molecule has 50 heavy (non-hydrogen) atoms. The van der Waals surface area contributed by atoms with E-state index in [0.717, 1.165) is 17.5 Å². The Hall–Kier alpha value is -4.25. The van der Waals surface area contributed by atoms with Gasteiger partial charge in [-0.2, -0.15) is 19.0 Å². The van der Waals surface area contributed by atoms with Crippen LogP contribution in [-0.4, -0.2) is 47.9 Å². The number of amides is 1. The van der Waals surface area contributed by atoms with Crippen LogP contribution in [0, 0.1) is 11.6 Å². The molecule has 3 aromatic heterocycles. The summed E-state index contributed by atoms with van der Waals surface area (Å²) >= 11 is 2.68. The number of anilines is 1.